The molecule has 0 saturated carbocycles. The molecule has 470 valence electrons. The summed E-state index contributed by atoms with van der Waals surface area (Å²) < 4.78 is 9.21. The van der Waals surface area contributed by atoms with Gasteiger partial charge in [0.15, 0.2) is 0 Å². The predicted octanol–water partition coefficient (Wildman–Crippen LogP) is -0.961. The number of hydrogen-bond acceptors (Lipinski definition) is 19. The van der Waals surface area contributed by atoms with E-state index in [0.29, 0.717) is 115 Å². The fourth-order valence-corrected chi connectivity index (χ4v) is 9.06. The van der Waals surface area contributed by atoms with Crippen LogP contribution in [0.4, 0.5) is 4.79 Å². The fourth-order valence-electron chi connectivity index (χ4n) is 9.06. The Morgan fingerprint density at radius 2 is 1.11 bits per heavy atom. The number of carbonyl (C=O) groups excluding carboxylic acids is 3. The van der Waals surface area contributed by atoms with Gasteiger partial charge in [0.2, 0.25) is 11.8 Å². The van der Waals surface area contributed by atoms with Crippen LogP contribution >= 0.6 is 0 Å². The number of urea groups is 1. The predicted molar refractivity (Wildman–Crippen MR) is 298 cm³/mol. The van der Waals surface area contributed by atoms with E-state index in [0.717, 1.165) is 5.56 Å². The third-order valence-corrected chi connectivity index (χ3v) is 13.5. The van der Waals surface area contributed by atoms with Gasteiger partial charge < -0.3 is 66.3 Å². The van der Waals surface area contributed by atoms with Crippen molar-refractivity contribution in [3.05, 3.63) is 59.9 Å². The number of carboxylic acids is 7. The van der Waals surface area contributed by atoms with Crippen LogP contribution in [-0.2, 0) is 75.9 Å². The maximum Gasteiger partial charge on any atom is 0.326 e. The van der Waals surface area contributed by atoms with Crippen molar-refractivity contribution in [1.82, 2.24) is 70.3 Å². The highest BCUT2D eigenvalue weighted by molar-refractivity contribution is 5.86. The van der Waals surface area contributed by atoms with Crippen molar-refractivity contribution in [2.24, 2.45) is 0 Å². The van der Waals surface area contributed by atoms with Crippen LogP contribution in [0.3, 0.4) is 0 Å². The summed E-state index contributed by atoms with van der Waals surface area (Å²) in [5, 5.41) is 83.8. The number of carboxylic acid groups (broad SMARTS) is 7. The third-order valence-electron chi connectivity index (χ3n) is 13.5. The van der Waals surface area contributed by atoms with Crippen LogP contribution in [0.15, 0.2) is 42.9 Å². The van der Waals surface area contributed by atoms with E-state index >= 15 is 0 Å². The van der Waals surface area contributed by atoms with Crippen molar-refractivity contribution in [1.29, 1.82) is 0 Å². The Kier molecular flexibility index (Phi) is 30.7. The number of aryl methyl sites for hydroxylation is 1. The molecule has 0 unspecified atom stereocenters. The Hall–Kier alpha value is -8.33. The lowest BCUT2D eigenvalue weighted by Crippen LogP contribution is -2.51. The van der Waals surface area contributed by atoms with Gasteiger partial charge in [-0.2, -0.15) is 0 Å². The van der Waals surface area contributed by atoms with E-state index < -0.39 is 66.3 Å². The maximum absolute atomic E-state index is 13.1. The van der Waals surface area contributed by atoms with Gasteiger partial charge in [0, 0.05) is 104 Å². The second-order valence-corrected chi connectivity index (χ2v) is 20.5. The number of aliphatic carboxylic acids is 7. The van der Waals surface area contributed by atoms with E-state index in [4.69, 9.17) is 9.84 Å². The molecule has 0 bridgehead atoms. The first-order chi connectivity index (χ1) is 40.6. The molecular formula is C53H80N14O18. The van der Waals surface area contributed by atoms with Gasteiger partial charge in [-0.25, -0.2) is 19.4 Å². The number of aromatic nitrogens is 5. The molecule has 2 aromatic heterocycles. The van der Waals surface area contributed by atoms with E-state index in [1.54, 1.807) is 42.5 Å². The topological polar surface area (TPSA) is 434 Å². The Balaban J connectivity index is 1.19. The Labute approximate surface area is 490 Å². The summed E-state index contributed by atoms with van der Waals surface area (Å²) >= 11 is 0. The summed E-state index contributed by atoms with van der Waals surface area (Å²) in [5.41, 5.74) is 1.52. The van der Waals surface area contributed by atoms with Gasteiger partial charge in [0.25, 0.3) is 0 Å². The lowest BCUT2D eigenvalue weighted by Gasteiger charge is -2.32. The highest BCUT2D eigenvalue weighted by atomic mass is 16.5. The van der Waals surface area contributed by atoms with Gasteiger partial charge in [-0.15, -0.1) is 5.10 Å². The zero-order valence-corrected chi connectivity index (χ0v) is 47.5. The van der Waals surface area contributed by atoms with Crippen molar-refractivity contribution >= 4 is 59.6 Å². The van der Waals surface area contributed by atoms with E-state index in [1.165, 1.54) is 0 Å². The van der Waals surface area contributed by atoms with Crippen molar-refractivity contribution in [2.75, 3.05) is 98.2 Å². The molecule has 1 saturated heterocycles. The van der Waals surface area contributed by atoms with Crippen LogP contribution in [0, 0.1) is 0 Å². The molecule has 3 heterocycles. The summed E-state index contributed by atoms with van der Waals surface area (Å²) in [7, 11) is 0. The average Bonchev–Trinajstić information content (AvgIpc) is 4.28. The lowest BCUT2D eigenvalue weighted by molar-refractivity contribution is -0.141. The number of nitrogens with one attached hydrogen (secondary N) is 4. The number of rotatable bonds is 39. The number of nitrogens with zero attached hydrogens (tertiary/aromatic N) is 10. The molecule has 0 radical (unpaired) electrons. The number of ether oxygens (including phenoxy) is 1. The summed E-state index contributed by atoms with van der Waals surface area (Å²) in [6.07, 6.45) is 7.47. The summed E-state index contributed by atoms with van der Waals surface area (Å²) in [4.78, 5) is 132. The first-order valence-electron chi connectivity index (χ1n) is 28.0. The molecule has 11 N–H and O–H groups in total. The molecule has 1 aromatic carbocycles. The molecule has 2 atom stereocenters. The summed E-state index contributed by atoms with van der Waals surface area (Å²) in [5.74, 6) is -7.50. The fraction of sp³-hybridized carbons (Fsp3) is 0.604. The van der Waals surface area contributed by atoms with Gasteiger partial charge in [-0.3, -0.25) is 62.7 Å². The molecule has 85 heavy (non-hydrogen) atoms. The largest absolute Gasteiger partial charge is 0.487 e. The van der Waals surface area contributed by atoms with Crippen LogP contribution in [0.5, 0.6) is 5.75 Å². The first kappa shape index (κ1) is 69.2. The molecule has 0 aliphatic carbocycles. The molecule has 0 spiro atoms. The molecule has 4 amide bonds. The van der Waals surface area contributed by atoms with Crippen molar-refractivity contribution in [3.63, 3.8) is 0 Å². The molecule has 4 rings (SSSR count). The number of unbranched alkanes of at least 4 members (excludes halogenated alkanes) is 3. The third kappa shape index (κ3) is 29.7. The monoisotopic (exact) mass is 1200 g/mol. The zero-order valence-electron chi connectivity index (χ0n) is 47.5. The van der Waals surface area contributed by atoms with E-state index in [-0.39, 0.29) is 103 Å². The first-order valence-corrected chi connectivity index (χ1v) is 28.0. The molecule has 1 aliphatic rings. The summed E-state index contributed by atoms with van der Waals surface area (Å²) in [6.45, 7) is 3.83. The second kappa shape index (κ2) is 37.8. The van der Waals surface area contributed by atoms with E-state index in [1.807, 2.05) is 29.2 Å². The minimum Gasteiger partial charge on any atom is -0.487 e. The number of hydrogen-bond donors (Lipinski definition) is 11. The summed E-state index contributed by atoms with van der Waals surface area (Å²) in [6, 6.07) is 3.55. The Morgan fingerprint density at radius 1 is 0.565 bits per heavy atom. The average molecular weight is 1200 g/mol. The minimum atomic E-state index is -1.52. The molecule has 1 fully saturated rings. The van der Waals surface area contributed by atoms with E-state index in [9.17, 15) is 78.6 Å². The van der Waals surface area contributed by atoms with Gasteiger partial charge in [0.1, 0.15) is 42.5 Å². The van der Waals surface area contributed by atoms with Crippen molar-refractivity contribution in [3.8, 4) is 5.75 Å². The van der Waals surface area contributed by atoms with Gasteiger partial charge in [-0.05, 0) is 69.2 Å². The normalized spacial score (nSPS) is 14.7. The molecule has 1 aliphatic heterocycles. The maximum atomic E-state index is 13.1. The van der Waals surface area contributed by atoms with Gasteiger partial charge in [-0.1, -0.05) is 23.8 Å². The smallest absolute Gasteiger partial charge is 0.326 e. The number of imidazole rings is 1. The lowest BCUT2D eigenvalue weighted by atomic mass is 10.1. The second-order valence-electron chi connectivity index (χ2n) is 20.5. The van der Waals surface area contributed by atoms with E-state index in [2.05, 4.69) is 41.5 Å². The minimum absolute atomic E-state index is 0.00529. The highest BCUT2D eigenvalue weighted by Gasteiger charge is 2.26. The number of benzene rings is 1. The van der Waals surface area contributed by atoms with Crippen molar-refractivity contribution in [2.45, 2.75) is 109 Å². The molecule has 32 nitrogen and oxygen atoms in total. The molecular weight excluding hydrogens is 1120 g/mol. The SMILES string of the molecule is O=C(O)CC[C@H](NC(=O)N[C@@H](CCCCNC(=O)CCCCCN(Cc1ccc(OCc2cn(CCCNC(=O)CN3CCN(CC(=O)O)CCN(CC(=O)O)CCN(CC(=O)O)CC3)nn2)cc1)Cc1nccn1CC(=O)O)C(=O)O)C(=O)O. The Morgan fingerprint density at radius 3 is 1.66 bits per heavy atom. The number of carbonyl (C=O) groups is 10. The van der Waals surface area contributed by atoms with Crippen LogP contribution < -0.4 is 26.0 Å². The Bertz CT molecular complexity index is 2610. The zero-order chi connectivity index (χ0) is 62.1. The highest BCUT2D eigenvalue weighted by Crippen LogP contribution is 2.18. The van der Waals surface area contributed by atoms with Crippen molar-refractivity contribution < 1.29 is 88.4 Å². The standard InChI is InChI=1S/C53H80N14O18/c68-44(55-15-4-3-7-41(51(80)81)57-53(84)58-42(52(82)83)13-14-46(70)71)8-2-1-5-18-65(31-43-54-17-20-66(43)36-50(78)79)29-38-9-11-40(12-10-38)85-37-39-30-67(60-59-39)19-6-16-56-45(69)32-61-21-23-62(33-47(72)73)25-27-64(35-49(76)77)28-26-63(24-22-61)34-48(74)75/h9-12,17,20,30,41-42H,1-8,13-16,18-19,21-29,31-37H2,(H,55,68)(H,56,69)(H,70,71)(H,72,73)(H,74,75)(H,76,77)(H,78,79)(H,80,81)(H,82,83)(H2,57,58,84)/t41-,42-/m0/s1. The van der Waals surface area contributed by atoms with Crippen LogP contribution in [0.25, 0.3) is 0 Å². The number of amides is 4. The van der Waals surface area contributed by atoms with Gasteiger partial charge in [0.05, 0.1) is 38.9 Å². The van der Waals surface area contributed by atoms with Gasteiger partial charge >= 0.3 is 47.8 Å². The van der Waals surface area contributed by atoms with Crippen LogP contribution in [0.1, 0.15) is 81.3 Å². The quantitative estimate of drug-likeness (QED) is 0.0306. The molecule has 32 heteroatoms. The molecule has 3 aromatic rings. The van der Waals surface area contributed by atoms with Crippen LogP contribution in [-0.4, -0.2) is 255 Å². The van der Waals surface area contributed by atoms with Crippen LogP contribution in [0.2, 0.25) is 0 Å².